The van der Waals surface area contributed by atoms with Crippen LogP contribution in [0.2, 0.25) is 18.1 Å². The lowest BCUT2D eigenvalue weighted by Crippen LogP contribution is -2.46. The number of carbonyl (C=O) groups is 1. The minimum Gasteiger partial charge on any atom is -0.466 e. The highest BCUT2D eigenvalue weighted by atomic mass is 31.2. The predicted octanol–water partition coefficient (Wildman–Crippen LogP) is 6.92. The van der Waals surface area contributed by atoms with Gasteiger partial charge in [0.2, 0.25) is 0 Å². The van der Waals surface area contributed by atoms with E-state index in [9.17, 15) is 9.59 Å². The topological polar surface area (TPSA) is 68.2 Å². The normalized spacial score (nSPS) is 15.6. The van der Waals surface area contributed by atoms with E-state index >= 15 is 0 Å². The smallest absolute Gasteiger partial charge is 0.305 e. The number of fused-ring (bicyclic) bond motifs is 1. The Morgan fingerprint density at radius 3 is 2.42 bits per heavy atom. The Balaban J connectivity index is 2.37. The third kappa shape index (κ3) is 8.13. The van der Waals surface area contributed by atoms with Gasteiger partial charge in [0.05, 0.1) is 12.1 Å². The molecule has 204 valence electrons. The van der Waals surface area contributed by atoms with Crippen molar-refractivity contribution in [2.24, 2.45) is 0 Å². The van der Waals surface area contributed by atoms with Crippen LogP contribution < -0.4 is 4.90 Å². The summed E-state index contributed by atoms with van der Waals surface area (Å²) in [5, 5.41) is -0.155. The van der Waals surface area contributed by atoms with E-state index in [1.54, 1.807) is 14.2 Å². The highest BCUT2D eigenvalue weighted by Crippen LogP contribution is 2.47. The molecular weight excluding hydrogens is 489 g/mol. The Morgan fingerprint density at radius 2 is 1.83 bits per heavy atom. The highest BCUT2D eigenvalue weighted by Gasteiger charge is 2.39. The van der Waals surface area contributed by atoms with Gasteiger partial charge in [0.15, 0.2) is 16.7 Å². The molecule has 0 aromatic heterocycles. The number of nitrogens with zero attached hydrogens (tertiary/aromatic N) is 1. The largest absolute Gasteiger partial charge is 0.466 e. The standard InChI is InChI=1S/C28H48NO5PSi/c1-10-11-17-34-26(30)13-12-16-29-25-18-22(19-28(4,5)36(8,9)31)14-15-24(25)23(20-27(29,2)3)21-35(32-6)33-7/h14-15,18,20,31H,10-13,16-17,19,21H2,1-9H3. The quantitative estimate of drug-likeness (QED) is 0.120. The van der Waals surface area contributed by atoms with Crippen molar-refractivity contribution in [3.8, 4) is 0 Å². The molecule has 0 aliphatic carbocycles. The minimum absolute atomic E-state index is 0.119. The first kappa shape index (κ1) is 31.0. The van der Waals surface area contributed by atoms with Crippen molar-refractivity contribution in [2.45, 2.75) is 90.4 Å². The average molecular weight is 538 g/mol. The number of hydrogen-bond acceptors (Lipinski definition) is 6. The summed E-state index contributed by atoms with van der Waals surface area (Å²) in [6.07, 6.45) is 6.92. The van der Waals surface area contributed by atoms with Gasteiger partial charge in [-0.25, -0.2) is 0 Å². The van der Waals surface area contributed by atoms with E-state index < -0.39 is 16.7 Å². The molecule has 1 N–H and O–H groups in total. The van der Waals surface area contributed by atoms with Crippen molar-refractivity contribution in [1.29, 1.82) is 0 Å². The Hall–Kier alpha value is -1.24. The maximum Gasteiger partial charge on any atom is 0.305 e. The molecule has 1 aliphatic heterocycles. The van der Waals surface area contributed by atoms with E-state index in [2.05, 4.69) is 63.8 Å². The molecule has 1 heterocycles. The van der Waals surface area contributed by atoms with Gasteiger partial charge in [0.1, 0.15) is 0 Å². The first-order valence-electron chi connectivity index (χ1n) is 13.1. The van der Waals surface area contributed by atoms with Gasteiger partial charge in [-0.2, -0.15) is 0 Å². The maximum absolute atomic E-state index is 12.2. The average Bonchev–Trinajstić information content (AvgIpc) is 2.78. The molecule has 0 radical (unpaired) electrons. The first-order valence-corrected chi connectivity index (χ1v) is 17.4. The van der Waals surface area contributed by atoms with Crippen LogP contribution in [0.5, 0.6) is 0 Å². The van der Waals surface area contributed by atoms with Crippen LogP contribution in [0.3, 0.4) is 0 Å². The van der Waals surface area contributed by atoms with Gasteiger partial charge in [-0.1, -0.05) is 45.4 Å². The van der Waals surface area contributed by atoms with Crippen molar-refractivity contribution in [2.75, 3.05) is 38.4 Å². The van der Waals surface area contributed by atoms with Crippen LogP contribution in [0.15, 0.2) is 24.3 Å². The lowest BCUT2D eigenvalue weighted by Gasteiger charge is -2.44. The number of carbonyl (C=O) groups excluding carboxylic acids is 1. The Morgan fingerprint density at radius 1 is 1.17 bits per heavy atom. The van der Waals surface area contributed by atoms with E-state index in [0.29, 0.717) is 13.0 Å². The SMILES string of the molecule is CCCCOC(=O)CCCN1c2cc(CC(C)(C)[Si](C)(C)O)ccc2C(CP(OC)OC)=CC1(C)C. The molecule has 0 saturated heterocycles. The summed E-state index contributed by atoms with van der Waals surface area (Å²) >= 11 is 0. The summed E-state index contributed by atoms with van der Waals surface area (Å²) in [4.78, 5) is 25.5. The Kier molecular flexibility index (Phi) is 11.2. The number of rotatable bonds is 14. The van der Waals surface area contributed by atoms with Crippen molar-refractivity contribution < 1.29 is 23.4 Å². The molecule has 8 heteroatoms. The zero-order valence-electron chi connectivity index (χ0n) is 23.9. The molecule has 0 atom stereocenters. The van der Waals surface area contributed by atoms with E-state index in [-0.39, 0.29) is 16.5 Å². The van der Waals surface area contributed by atoms with Gasteiger partial charge in [0, 0.05) is 44.6 Å². The predicted molar refractivity (Wildman–Crippen MR) is 154 cm³/mol. The fourth-order valence-electron chi connectivity index (χ4n) is 4.47. The van der Waals surface area contributed by atoms with E-state index in [0.717, 1.165) is 38.4 Å². The molecule has 0 amide bonds. The van der Waals surface area contributed by atoms with Crippen molar-refractivity contribution >= 4 is 33.9 Å². The number of esters is 1. The molecular formula is C28H48NO5PSi. The molecule has 36 heavy (non-hydrogen) atoms. The molecule has 0 unspecified atom stereocenters. The maximum atomic E-state index is 12.2. The molecule has 0 saturated carbocycles. The molecule has 0 bridgehead atoms. The van der Waals surface area contributed by atoms with Crippen molar-refractivity contribution in [3.63, 3.8) is 0 Å². The van der Waals surface area contributed by atoms with Gasteiger partial charge in [-0.15, -0.1) is 0 Å². The third-order valence-corrected chi connectivity index (χ3v) is 12.4. The Labute approximate surface area is 221 Å². The van der Waals surface area contributed by atoms with Crippen LogP contribution in [-0.2, 0) is 25.0 Å². The molecule has 2 rings (SSSR count). The van der Waals surface area contributed by atoms with Crippen LogP contribution in [-0.4, -0.2) is 58.2 Å². The van der Waals surface area contributed by atoms with Crippen molar-refractivity contribution in [1.82, 2.24) is 0 Å². The second kappa shape index (κ2) is 13.0. The lowest BCUT2D eigenvalue weighted by atomic mass is 9.87. The first-order chi connectivity index (χ1) is 16.8. The van der Waals surface area contributed by atoms with Crippen LogP contribution in [0.25, 0.3) is 5.57 Å². The van der Waals surface area contributed by atoms with Crippen LogP contribution in [0, 0.1) is 0 Å². The lowest BCUT2D eigenvalue weighted by molar-refractivity contribution is -0.143. The molecule has 0 fully saturated rings. The number of ether oxygens (including phenoxy) is 1. The zero-order valence-corrected chi connectivity index (χ0v) is 25.8. The van der Waals surface area contributed by atoms with E-state index in [1.807, 2.05) is 13.1 Å². The van der Waals surface area contributed by atoms with Gasteiger partial charge in [-0.3, -0.25) is 4.79 Å². The van der Waals surface area contributed by atoms with Crippen LogP contribution in [0.1, 0.15) is 71.4 Å². The summed E-state index contributed by atoms with van der Waals surface area (Å²) in [6.45, 7) is 16.1. The van der Waals surface area contributed by atoms with E-state index in [1.165, 1.54) is 22.4 Å². The highest BCUT2D eigenvalue weighted by molar-refractivity contribution is 7.47. The second-order valence-corrected chi connectivity index (χ2v) is 17.7. The molecule has 6 nitrogen and oxygen atoms in total. The summed E-state index contributed by atoms with van der Waals surface area (Å²) < 4.78 is 16.5. The Bertz CT molecular complexity index is 906. The fourth-order valence-corrected chi connectivity index (χ4v) is 6.05. The number of hydrogen-bond donors (Lipinski definition) is 1. The summed E-state index contributed by atoms with van der Waals surface area (Å²) in [7, 11) is 0.0380. The van der Waals surface area contributed by atoms with Gasteiger partial charge < -0.3 is 23.5 Å². The summed E-state index contributed by atoms with van der Waals surface area (Å²) in [5.74, 6) is -0.119. The molecule has 1 aromatic rings. The summed E-state index contributed by atoms with van der Waals surface area (Å²) in [5.41, 5.74) is 4.56. The third-order valence-electron chi connectivity index (χ3n) is 7.45. The molecule has 1 aromatic carbocycles. The number of anilines is 1. The van der Waals surface area contributed by atoms with Crippen LogP contribution >= 0.6 is 8.38 Å². The number of allylic oxidation sites excluding steroid dienone is 1. The van der Waals surface area contributed by atoms with E-state index in [4.69, 9.17) is 13.8 Å². The second-order valence-electron chi connectivity index (χ2n) is 11.5. The monoisotopic (exact) mass is 537 g/mol. The van der Waals surface area contributed by atoms with Gasteiger partial charge >= 0.3 is 5.97 Å². The van der Waals surface area contributed by atoms with Gasteiger partial charge in [0.25, 0.3) is 0 Å². The number of unbranched alkanes of at least 4 members (excludes halogenated alkanes) is 1. The minimum atomic E-state index is -2.35. The van der Waals surface area contributed by atoms with Crippen LogP contribution in [0.4, 0.5) is 5.69 Å². The number of benzene rings is 1. The zero-order chi connectivity index (χ0) is 27.1. The fraction of sp³-hybridized carbons (Fsp3) is 0.679. The molecule has 1 aliphatic rings. The van der Waals surface area contributed by atoms with Gasteiger partial charge in [-0.05, 0) is 68.4 Å². The summed E-state index contributed by atoms with van der Waals surface area (Å²) in [6, 6.07) is 6.68. The van der Waals surface area contributed by atoms with Crippen molar-refractivity contribution in [3.05, 3.63) is 35.4 Å². The molecule has 0 spiro atoms.